The van der Waals surface area contributed by atoms with Crippen LogP contribution in [-0.2, 0) is 63.4 Å². The molecule has 0 aliphatic rings. The summed E-state index contributed by atoms with van der Waals surface area (Å²) in [6.07, 6.45) is 7.86. The van der Waals surface area contributed by atoms with Gasteiger partial charge in [-0.15, -0.1) is 0 Å². The molecule has 476 valence electrons. The van der Waals surface area contributed by atoms with Crippen molar-refractivity contribution in [2.45, 2.75) is 0 Å². The number of phenolic OH excluding ortho intramolecular Hbond substituents is 8. The quantitative estimate of drug-likeness (QED) is 0.0439. The van der Waals surface area contributed by atoms with Crippen molar-refractivity contribution < 1.29 is 140 Å². The van der Waals surface area contributed by atoms with E-state index in [1.165, 1.54) is 109 Å². The fourth-order valence-electron chi connectivity index (χ4n) is 9.37. The van der Waals surface area contributed by atoms with Crippen LogP contribution >= 0.6 is 0 Å². The summed E-state index contributed by atoms with van der Waals surface area (Å²) in [6, 6.07) is 32.9. The van der Waals surface area contributed by atoms with Gasteiger partial charge in [0.05, 0.1) is 98.9 Å². The van der Waals surface area contributed by atoms with Crippen molar-refractivity contribution in [3.05, 3.63) is 182 Å². The molecular weight excluding hydrogens is 1320 g/mol. The van der Waals surface area contributed by atoms with Crippen molar-refractivity contribution in [1.29, 1.82) is 0 Å². The zero-order valence-electron chi connectivity index (χ0n) is 48.6. The predicted molar refractivity (Wildman–Crippen MR) is 341 cm³/mol. The molecule has 0 radical (unpaired) electrons. The van der Waals surface area contributed by atoms with Crippen LogP contribution in [0.25, 0.3) is 111 Å². The zero-order chi connectivity index (χ0) is 65.2. The second-order valence-electron chi connectivity index (χ2n) is 20.0. The Morgan fingerprint density at radius 3 is 0.946 bits per heavy atom. The Bertz CT molecular complexity index is 4820. The van der Waals surface area contributed by atoms with Crippen molar-refractivity contribution >= 4 is 65.5 Å². The summed E-state index contributed by atoms with van der Waals surface area (Å²) in [5, 5.41) is 116. The molecule has 0 amide bonds. The predicted octanol–water partition coefficient (Wildman–Crippen LogP) is 8.84. The minimum atomic E-state index is -0.405. The van der Waals surface area contributed by atoms with Crippen LogP contribution in [0.5, 0.6) is 69.0 Å². The molecule has 12 rings (SSSR count). The average molecular weight is 1380 g/mol. The molecule has 0 fully saturated rings. The van der Waals surface area contributed by atoms with E-state index in [0.29, 0.717) is 22.3 Å². The van der Waals surface area contributed by atoms with E-state index in [1.54, 1.807) is 24.3 Å². The van der Waals surface area contributed by atoms with E-state index in [9.17, 15) is 60.0 Å². The van der Waals surface area contributed by atoms with Crippen LogP contribution < -0.4 is 21.7 Å². The SMILES string of the molecule is Oc1ccc(-c2cc(=[OH+])c3c([OH2+])cc(O)c(-c4cc(-c5cc(=[OH+])c6c([OH2+])cc(O)cc6o5)ccc4O)c3o2)cc1.Oc1ccc(-c2cc(=[OH+])c3c([OH2+])cc(O)c(-c4cc(-c5cc(=[OH+])c6c([OH2+])cc(O)cc6o5)ccc4O)c3o2)cc1.[CH2-][O+]=S(C)C.[CH2-][O+]=S(C)C.[Fe].[Fe]. The first-order chi connectivity index (χ1) is 42.7. The normalized spacial score (nSPS) is 10.8. The summed E-state index contributed by atoms with van der Waals surface area (Å²) in [7, 11) is 6.53. The topological polar surface area (TPSA) is 414 Å². The second kappa shape index (κ2) is 28.6. The van der Waals surface area contributed by atoms with E-state index in [1.807, 2.05) is 25.0 Å². The van der Waals surface area contributed by atoms with E-state index >= 15 is 0 Å². The summed E-state index contributed by atoms with van der Waals surface area (Å²) in [6.45, 7) is 0. The molecule has 0 spiro atoms. The molecule has 0 aliphatic heterocycles. The van der Waals surface area contributed by atoms with Gasteiger partial charge >= 0.3 is 21.7 Å². The van der Waals surface area contributed by atoms with Crippen LogP contribution in [0.4, 0.5) is 0 Å². The third kappa shape index (κ3) is 14.6. The van der Waals surface area contributed by atoms with Crippen molar-refractivity contribution in [2.75, 3.05) is 25.0 Å². The number of hydrogen-bond acceptors (Lipinski definition) is 12. The summed E-state index contributed by atoms with van der Waals surface area (Å²) >= 11 is 0. The molecule has 8 aromatic carbocycles. The Hall–Kier alpha value is -10.5. The van der Waals surface area contributed by atoms with Gasteiger partial charge in [-0.3, -0.25) is 19.2 Å². The van der Waals surface area contributed by atoms with Gasteiger partial charge in [-0.25, -0.2) is 0 Å². The first kappa shape index (κ1) is 69.0. The molecule has 20 N–H and O–H groups in total. The third-order valence-electron chi connectivity index (χ3n) is 13.5. The number of benzene rings is 8. The molecule has 22 nitrogen and oxygen atoms in total. The van der Waals surface area contributed by atoms with Gasteiger partial charge in [-0.1, -0.05) is 0 Å². The number of aromatic hydroxyl groups is 8. The van der Waals surface area contributed by atoms with Gasteiger partial charge in [0.25, 0.3) is 23.0 Å². The van der Waals surface area contributed by atoms with Gasteiger partial charge in [0.15, 0.2) is 22.3 Å². The molecule has 4 heterocycles. The number of fused-ring (bicyclic) bond motifs is 4. The molecule has 0 saturated carbocycles. The van der Waals surface area contributed by atoms with E-state index in [-0.39, 0.29) is 224 Å². The molecule has 12 aromatic rings. The third-order valence-corrected chi connectivity index (χ3v) is 14.5. The molecule has 4 aromatic heterocycles. The minimum absolute atomic E-state index is 0. The number of hydrogen-bond donors (Lipinski definition) is 8. The Balaban J connectivity index is 0.000000223. The maximum absolute atomic E-state index is 10.9. The summed E-state index contributed by atoms with van der Waals surface area (Å²) < 4.78 is 32.9. The Morgan fingerprint density at radius 1 is 0.348 bits per heavy atom. The monoisotopic (exact) mass is 1380 g/mol. The maximum Gasteiger partial charge on any atom is 0.364 e. The largest absolute Gasteiger partial charge is 0.592 e. The van der Waals surface area contributed by atoms with Crippen LogP contribution in [0, 0.1) is 14.2 Å². The average Bonchev–Trinajstić information content (AvgIpc) is 0.762. The van der Waals surface area contributed by atoms with Crippen LogP contribution in [0.2, 0.25) is 0 Å². The minimum Gasteiger partial charge on any atom is -0.592 e. The van der Waals surface area contributed by atoms with E-state index in [2.05, 4.69) is 21.9 Å². The number of phenols is 8. The van der Waals surface area contributed by atoms with Crippen molar-refractivity contribution in [2.24, 2.45) is 0 Å². The fraction of sp³-hybridized carbons (Fsp3) is 0.0606. The molecular formula is C66H60Fe2O22S2+8. The zero-order valence-corrected chi connectivity index (χ0v) is 52.5. The standard InChI is InChI=1S/2C30H18O10.2C3H8OS.2Fe/c2*31-15-4-1-13(2-5-15)24-12-23(38)29-21(36)10-20(35)27(30(29)40-24)17-7-14(3-6-18(17)33)25-11-22(37)28-19(34)8-16(32)9-26(28)39-25;2*1-4-5(2)3;;/h2*1-12,31-36H;2*1H2,2-3H3;;/p+8. The molecule has 0 atom stereocenters. The summed E-state index contributed by atoms with van der Waals surface area (Å²) in [4.78, 5) is 42.9. The van der Waals surface area contributed by atoms with Gasteiger partial charge in [-0.05, 0) is 84.9 Å². The van der Waals surface area contributed by atoms with Crippen molar-refractivity contribution in [3.8, 4) is 137 Å². The molecule has 0 aliphatic carbocycles. The van der Waals surface area contributed by atoms with Crippen molar-refractivity contribution in [1.82, 2.24) is 0 Å². The second-order valence-corrected chi connectivity index (χ2v) is 23.5. The maximum atomic E-state index is 10.9. The van der Waals surface area contributed by atoms with E-state index < -0.39 is 11.5 Å². The first-order valence-electron chi connectivity index (χ1n) is 26.3. The van der Waals surface area contributed by atoms with Gasteiger partial charge in [0.1, 0.15) is 90.6 Å². The van der Waals surface area contributed by atoms with Gasteiger partial charge in [0.2, 0.25) is 21.5 Å². The Labute approximate surface area is 545 Å². The Kier molecular flexibility index (Phi) is 21.4. The molecule has 0 unspecified atom stereocenters. The van der Waals surface area contributed by atoms with E-state index in [4.69, 9.17) is 38.1 Å². The van der Waals surface area contributed by atoms with Crippen LogP contribution in [0.1, 0.15) is 0 Å². The van der Waals surface area contributed by atoms with Crippen LogP contribution in [0.3, 0.4) is 0 Å². The molecule has 92 heavy (non-hydrogen) atoms. The molecule has 0 saturated heterocycles. The molecule has 0 bridgehead atoms. The van der Waals surface area contributed by atoms with Crippen LogP contribution in [0.15, 0.2) is 163 Å². The van der Waals surface area contributed by atoms with Gasteiger partial charge in [-0.2, -0.15) is 0 Å². The summed E-state index contributed by atoms with van der Waals surface area (Å²) in [5.74, 6) is -1.82. The van der Waals surface area contributed by atoms with Crippen LogP contribution in [-0.4, -0.2) is 105 Å². The Morgan fingerprint density at radius 2 is 0.630 bits per heavy atom. The van der Waals surface area contributed by atoms with Gasteiger partial charge < -0.3 is 86.6 Å². The smallest absolute Gasteiger partial charge is 0.364 e. The van der Waals surface area contributed by atoms with Gasteiger partial charge in [0, 0.05) is 79.7 Å². The summed E-state index contributed by atoms with van der Waals surface area (Å²) in [5.41, 5.74) is 0.617. The first-order valence-corrected chi connectivity index (χ1v) is 30.2. The fourth-order valence-corrected chi connectivity index (χ4v) is 9.37. The van der Waals surface area contributed by atoms with E-state index in [0.717, 1.165) is 12.1 Å². The van der Waals surface area contributed by atoms with Crippen molar-refractivity contribution in [3.63, 3.8) is 0 Å². The number of rotatable bonds is 6. The molecule has 26 heteroatoms.